The van der Waals surface area contributed by atoms with E-state index in [0.717, 1.165) is 33.2 Å². The van der Waals surface area contributed by atoms with Gasteiger partial charge in [-0.15, -0.1) is 5.10 Å². The first-order valence-corrected chi connectivity index (χ1v) is 10.5. The molecule has 0 aliphatic heterocycles. The molecule has 5 nitrogen and oxygen atoms in total. The first-order chi connectivity index (χ1) is 14.7. The summed E-state index contributed by atoms with van der Waals surface area (Å²) in [5.74, 6) is 0.0450. The van der Waals surface area contributed by atoms with Crippen LogP contribution in [0.3, 0.4) is 0 Å². The molecule has 1 N–H and O–H groups in total. The van der Waals surface area contributed by atoms with Crippen molar-refractivity contribution in [3.05, 3.63) is 75.3 Å². The van der Waals surface area contributed by atoms with Gasteiger partial charge >= 0.3 is 6.18 Å². The molecule has 31 heavy (non-hydrogen) atoms. The van der Waals surface area contributed by atoms with E-state index >= 15 is 0 Å². The number of amides is 1. The molecule has 0 aliphatic carbocycles. The predicted octanol–water partition coefficient (Wildman–Crippen LogP) is 5.41. The lowest BCUT2D eigenvalue weighted by Gasteiger charge is -2.09. The molecule has 2 aromatic heterocycles. The fraction of sp³-hybridized carbons (Fsp3) is 0.190. The maximum absolute atomic E-state index is 12.8. The van der Waals surface area contributed by atoms with E-state index in [1.54, 1.807) is 16.6 Å². The monoisotopic (exact) mass is 464 g/mol. The number of aryl methyl sites for hydroxylation is 1. The lowest BCUT2D eigenvalue weighted by atomic mass is 10.1. The van der Waals surface area contributed by atoms with Gasteiger partial charge in [0.2, 0.25) is 4.96 Å². The van der Waals surface area contributed by atoms with Gasteiger partial charge in [0.25, 0.3) is 5.91 Å². The van der Waals surface area contributed by atoms with Crippen LogP contribution in [0, 0.1) is 6.92 Å². The summed E-state index contributed by atoms with van der Waals surface area (Å²) < 4.78 is 40.2. The van der Waals surface area contributed by atoms with Crippen molar-refractivity contribution in [2.75, 3.05) is 6.54 Å². The molecule has 0 spiro atoms. The third-order valence-corrected chi connectivity index (χ3v) is 6.15. The van der Waals surface area contributed by atoms with Crippen molar-refractivity contribution in [3.8, 4) is 11.4 Å². The van der Waals surface area contributed by atoms with Gasteiger partial charge in [-0.25, -0.2) is 4.52 Å². The van der Waals surface area contributed by atoms with Gasteiger partial charge in [0.15, 0.2) is 5.82 Å². The quantitative estimate of drug-likeness (QED) is 0.429. The summed E-state index contributed by atoms with van der Waals surface area (Å²) in [6.45, 7) is 2.19. The van der Waals surface area contributed by atoms with Crippen LogP contribution in [0.1, 0.15) is 26.5 Å². The Balaban J connectivity index is 1.42. The molecule has 160 valence electrons. The van der Waals surface area contributed by atoms with E-state index in [2.05, 4.69) is 15.4 Å². The number of rotatable bonds is 5. The minimum Gasteiger partial charge on any atom is -0.352 e. The topological polar surface area (TPSA) is 59.3 Å². The molecule has 0 saturated heterocycles. The van der Waals surface area contributed by atoms with Crippen LogP contribution < -0.4 is 5.32 Å². The van der Waals surface area contributed by atoms with Crippen LogP contribution in [0.4, 0.5) is 13.2 Å². The highest BCUT2D eigenvalue weighted by molar-refractivity contribution is 7.17. The molecular formula is C21H16ClF3N4OS. The van der Waals surface area contributed by atoms with E-state index in [9.17, 15) is 18.0 Å². The number of halogens is 4. The second-order valence-electron chi connectivity index (χ2n) is 6.83. The Morgan fingerprint density at radius 2 is 1.94 bits per heavy atom. The molecule has 0 atom stereocenters. The highest BCUT2D eigenvalue weighted by atomic mass is 35.5. The summed E-state index contributed by atoms with van der Waals surface area (Å²) in [6, 6.07) is 11.6. The molecule has 4 aromatic rings. The van der Waals surface area contributed by atoms with Crippen LogP contribution in [-0.4, -0.2) is 27.0 Å². The Kier molecular flexibility index (Phi) is 5.72. The summed E-state index contributed by atoms with van der Waals surface area (Å²) in [4.78, 5) is 18.5. The fourth-order valence-electron chi connectivity index (χ4n) is 3.07. The molecule has 0 unspecified atom stereocenters. The number of benzene rings is 2. The molecule has 2 heterocycles. The van der Waals surface area contributed by atoms with Crippen molar-refractivity contribution >= 4 is 33.8 Å². The van der Waals surface area contributed by atoms with Crippen molar-refractivity contribution in [1.29, 1.82) is 0 Å². The summed E-state index contributed by atoms with van der Waals surface area (Å²) in [5, 5.41) is 7.84. The molecule has 0 fully saturated rings. The number of alkyl halides is 3. The zero-order valence-electron chi connectivity index (χ0n) is 16.2. The lowest BCUT2D eigenvalue weighted by molar-refractivity contribution is -0.137. The van der Waals surface area contributed by atoms with Gasteiger partial charge in [0, 0.05) is 34.0 Å². The van der Waals surface area contributed by atoms with Gasteiger partial charge < -0.3 is 5.32 Å². The maximum atomic E-state index is 12.8. The number of nitrogens with zero attached hydrogens (tertiary/aromatic N) is 3. The van der Waals surface area contributed by atoms with E-state index in [-0.39, 0.29) is 12.1 Å². The van der Waals surface area contributed by atoms with Crippen LogP contribution in [0.15, 0.2) is 48.5 Å². The van der Waals surface area contributed by atoms with E-state index in [4.69, 9.17) is 11.6 Å². The normalized spacial score (nSPS) is 11.8. The minimum absolute atomic E-state index is 0.0261. The predicted molar refractivity (Wildman–Crippen MR) is 114 cm³/mol. The highest BCUT2D eigenvalue weighted by Gasteiger charge is 2.30. The van der Waals surface area contributed by atoms with Gasteiger partial charge in [-0.3, -0.25) is 4.79 Å². The number of hydrogen-bond acceptors (Lipinski definition) is 4. The Morgan fingerprint density at radius 3 is 2.61 bits per heavy atom. The Bertz CT molecular complexity index is 1250. The van der Waals surface area contributed by atoms with Gasteiger partial charge in [0.1, 0.15) is 0 Å². The van der Waals surface area contributed by atoms with E-state index in [1.807, 2.05) is 19.1 Å². The molecule has 0 saturated carbocycles. The van der Waals surface area contributed by atoms with Crippen LogP contribution in [0.2, 0.25) is 5.02 Å². The number of nitrogens with one attached hydrogen (secondary N) is 1. The van der Waals surface area contributed by atoms with Crippen molar-refractivity contribution in [2.24, 2.45) is 0 Å². The molecule has 1 amide bonds. The number of carbonyl (C=O) groups excluding carboxylic acids is 1. The summed E-state index contributed by atoms with van der Waals surface area (Å²) in [6.07, 6.45) is -3.97. The van der Waals surface area contributed by atoms with E-state index in [1.165, 1.54) is 23.5 Å². The van der Waals surface area contributed by atoms with Crippen LogP contribution in [0.5, 0.6) is 0 Å². The van der Waals surface area contributed by atoms with Gasteiger partial charge in [-0.05, 0) is 49.4 Å². The zero-order chi connectivity index (χ0) is 22.2. The first-order valence-electron chi connectivity index (χ1n) is 9.29. The van der Waals surface area contributed by atoms with Gasteiger partial charge in [-0.1, -0.05) is 29.0 Å². The largest absolute Gasteiger partial charge is 0.416 e. The van der Waals surface area contributed by atoms with Gasteiger partial charge in [0.05, 0.1) is 11.3 Å². The van der Waals surface area contributed by atoms with Gasteiger partial charge in [-0.2, -0.15) is 18.2 Å². The first kappa shape index (κ1) is 21.3. The lowest BCUT2D eigenvalue weighted by Crippen LogP contribution is -2.26. The molecule has 4 rings (SSSR count). The summed E-state index contributed by atoms with van der Waals surface area (Å²) >= 11 is 7.38. The average molecular weight is 465 g/mol. The molecular weight excluding hydrogens is 449 g/mol. The number of aromatic nitrogens is 3. The molecule has 0 bridgehead atoms. The summed E-state index contributed by atoms with van der Waals surface area (Å²) in [5.41, 5.74) is 0.885. The molecule has 0 aliphatic rings. The minimum atomic E-state index is -4.49. The Morgan fingerprint density at radius 1 is 1.19 bits per heavy atom. The summed E-state index contributed by atoms with van der Waals surface area (Å²) in [7, 11) is 0. The number of thiazole rings is 1. The molecule has 10 heteroatoms. The second-order valence-corrected chi connectivity index (χ2v) is 8.33. The Hall–Kier alpha value is -2.91. The van der Waals surface area contributed by atoms with Crippen molar-refractivity contribution in [1.82, 2.24) is 19.9 Å². The van der Waals surface area contributed by atoms with Crippen LogP contribution in [0.25, 0.3) is 16.3 Å². The van der Waals surface area contributed by atoms with E-state index < -0.39 is 17.6 Å². The maximum Gasteiger partial charge on any atom is 0.416 e. The number of hydrogen-bond donors (Lipinski definition) is 1. The highest BCUT2D eigenvalue weighted by Crippen LogP contribution is 2.29. The third kappa shape index (κ3) is 4.57. The van der Waals surface area contributed by atoms with Crippen LogP contribution in [-0.2, 0) is 12.6 Å². The van der Waals surface area contributed by atoms with Crippen molar-refractivity contribution in [3.63, 3.8) is 0 Å². The SMILES string of the molecule is Cc1c(CCNC(=O)c2cccc(C(F)(F)F)c2)sc2nc(-c3ccc(Cl)cc3)nn12. The Labute approximate surface area is 184 Å². The average Bonchev–Trinajstić information content (AvgIpc) is 3.27. The third-order valence-electron chi connectivity index (χ3n) is 4.71. The van der Waals surface area contributed by atoms with Crippen molar-refractivity contribution < 1.29 is 18.0 Å². The number of carbonyl (C=O) groups is 1. The smallest absolute Gasteiger partial charge is 0.352 e. The molecule has 2 aromatic carbocycles. The zero-order valence-corrected chi connectivity index (χ0v) is 17.8. The van der Waals surface area contributed by atoms with Crippen LogP contribution >= 0.6 is 22.9 Å². The molecule has 0 radical (unpaired) electrons. The standard InChI is InChI=1S/C21H16ClF3N4OS/c1-12-17(9-10-26-19(30)14-3-2-4-15(11-14)21(23,24)25)31-20-27-18(28-29(12)20)13-5-7-16(22)8-6-13/h2-8,11H,9-10H2,1H3,(H,26,30). The number of fused-ring (bicyclic) bond motifs is 1. The fourth-order valence-corrected chi connectivity index (χ4v) is 4.25. The second kappa shape index (κ2) is 8.32. The van der Waals surface area contributed by atoms with Crippen molar-refractivity contribution in [2.45, 2.75) is 19.5 Å². The van der Waals surface area contributed by atoms with E-state index in [0.29, 0.717) is 17.3 Å².